The lowest BCUT2D eigenvalue weighted by molar-refractivity contribution is 0.533. The van der Waals surface area contributed by atoms with Crippen LogP contribution < -0.4 is 5.32 Å². The van der Waals surface area contributed by atoms with E-state index in [-0.39, 0.29) is 5.82 Å². The molecule has 120 valence electrons. The van der Waals surface area contributed by atoms with E-state index in [4.69, 9.17) is 0 Å². The molecule has 2 aromatic carbocycles. The number of hydrogen-bond acceptors (Lipinski definition) is 1. The number of aromatic nitrogens is 1. The summed E-state index contributed by atoms with van der Waals surface area (Å²) in [6.07, 6.45) is 5.22. The second-order valence-corrected chi connectivity index (χ2v) is 6.15. The van der Waals surface area contributed by atoms with Gasteiger partial charge in [-0.2, -0.15) is 0 Å². The van der Waals surface area contributed by atoms with E-state index in [1.165, 1.54) is 34.2 Å². The maximum absolute atomic E-state index is 12.9. The number of hydrogen-bond donors (Lipinski definition) is 2. The SMILES string of the molecule is CC(Cc1ccc(F)cc1)NCCCc1c[nH]c2ccccc12. The smallest absolute Gasteiger partial charge is 0.123 e. The van der Waals surface area contributed by atoms with Crippen LogP contribution in [0.15, 0.2) is 54.7 Å². The Morgan fingerprint density at radius 2 is 1.87 bits per heavy atom. The van der Waals surface area contributed by atoms with Gasteiger partial charge < -0.3 is 10.3 Å². The molecule has 1 aromatic heterocycles. The van der Waals surface area contributed by atoms with Gasteiger partial charge in [-0.1, -0.05) is 30.3 Å². The van der Waals surface area contributed by atoms with Crippen molar-refractivity contribution in [3.63, 3.8) is 0 Å². The monoisotopic (exact) mass is 310 g/mol. The number of aromatic amines is 1. The van der Waals surface area contributed by atoms with E-state index in [1.807, 2.05) is 12.1 Å². The Hall–Kier alpha value is -2.13. The molecule has 0 saturated heterocycles. The van der Waals surface area contributed by atoms with Crippen LogP contribution in [0.25, 0.3) is 10.9 Å². The van der Waals surface area contributed by atoms with Crippen molar-refractivity contribution in [3.05, 3.63) is 71.7 Å². The van der Waals surface area contributed by atoms with Crippen LogP contribution in [-0.2, 0) is 12.8 Å². The molecule has 1 heterocycles. The van der Waals surface area contributed by atoms with Crippen molar-refractivity contribution >= 4 is 10.9 Å². The van der Waals surface area contributed by atoms with Crippen molar-refractivity contribution in [3.8, 4) is 0 Å². The van der Waals surface area contributed by atoms with Gasteiger partial charge in [-0.05, 0) is 62.1 Å². The van der Waals surface area contributed by atoms with Crippen molar-refractivity contribution < 1.29 is 4.39 Å². The minimum atomic E-state index is -0.173. The van der Waals surface area contributed by atoms with E-state index in [1.54, 1.807) is 0 Å². The molecule has 0 saturated carbocycles. The first-order valence-corrected chi connectivity index (χ1v) is 8.25. The summed E-state index contributed by atoms with van der Waals surface area (Å²) in [7, 11) is 0. The van der Waals surface area contributed by atoms with Gasteiger partial charge in [0.05, 0.1) is 0 Å². The summed E-state index contributed by atoms with van der Waals surface area (Å²) in [5.74, 6) is -0.173. The van der Waals surface area contributed by atoms with Crippen LogP contribution in [0.2, 0.25) is 0 Å². The molecule has 3 rings (SSSR count). The van der Waals surface area contributed by atoms with Crippen molar-refractivity contribution in [1.82, 2.24) is 10.3 Å². The Morgan fingerprint density at radius 1 is 1.09 bits per heavy atom. The van der Waals surface area contributed by atoms with Gasteiger partial charge in [-0.3, -0.25) is 0 Å². The molecular formula is C20H23FN2. The molecule has 23 heavy (non-hydrogen) atoms. The molecular weight excluding hydrogens is 287 g/mol. The molecule has 0 fully saturated rings. The summed E-state index contributed by atoms with van der Waals surface area (Å²) in [6, 6.07) is 15.6. The zero-order chi connectivity index (χ0) is 16.1. The van der Waals surface area contributed by atoms with Gasteiger partial charge in [0.15, 0.2) is 0 Å². The lowest BCUT2D eigenvalue weighted by Gasteiger charge is -2.13. The van der Waals surface area contributed by atoms with Crippen LogP contribution in [0.5, 0.6) is 0 Å². The average Bonchev–Trinajstić information content (AvgIpc) is 2.97. The van der Waals surface area contributed by atoms with E-state index in [2.05, 4.69) is 47.7 Å². The third kappa shape index (κ3) is 4.20. The van der Waals surface area contributed by atoms with Crippen LogP contribution in [-0.4, -0.2) is 17.6 Å². The van der Waals surface area contributed by atoms with E-state index >= 15 is 0 Å². The predicted molar refractivity (Wildman–Crippen MR) is 94.2 cm³/mol. The number of para-hydroxylation sites is 1. The second kappa shape index (κ2) is 7.42. The number of H-pyrrole nitrogens is 1. The van der Waals surface area contributed by atoms with Crippen molar-refractivity contribution in [1.29, 1.82) is 0 Å². The summed E-state index contributed by atoms with van der Waals surface area (Å²) in [5, 5.41) is 4.88. The molecule has 2 nitrogen and oxygen atoms in total. The molecule has 0 amide bonds. The van der Waals surface area contributed by atoms with E-state index in [0.717, 1.165) is 25.8 Å². The van der Waals surface area contributed by atoms with E-state index in [0.29, 0.717) is 6.04 Å². The Labute approximate surface area is 136 Å². The molecule has 0 bridgehead atoms. The predicted octanol–water partition coefficient (Wildman–Crippen LogP) is 4.46. The lowest BCUT2D eigenvalue weighted by atomic mass is 10.1. The molecule has 2 N–H and O–H groups in total. The fraction of sp³-hybridized carbons (Fsp3) is 0.300. The highest BCUT2D eigenvalue weighted by molar-refractivity contribution is 5.82. The summed E-state index contributed by atoms with van der Waals surface area (Å²) in [6.45, 7) is 3.16. The molecule has 0 spiro atoms. The minimum absolute atomic E-state index is 0.173. The molecule has 1 atom stereocenters. The quantitative estimate of drug-likeness (QED) is 0.620. The van der Waals surface area contributed by atoms with Crippen LogP contribution in [0.3, 0.4) is 0 Å². The van der Waals surface area contributed by atoms with E-state index < -0.39 is 0 Å². The molecule has 1 unspecified atom stereocenters. The van der Waals surface area contributed by atoms with Crippen LogP contribution in [0.4, 0.5) is 4.39 Å². The highest BCUT2D eigenvalue weighted by atomic mass is 19.1. The first-order valence-electron chi connectivity index (χ1n) is 8.25. The van der Waals surface area contributed by atoms with Crippen molar-refractivity contribution in [2.75, 3.05) is 6.54 Å². The number of halogens is 1. The van der Waals surface area contributed by atoms with Gasteiger partial charge in [0.25, 0.3) is 0 Å². The van der Waals surface area contributed by atoms with E-state index in [9.17, 15) is 4.39 Å². The largest absolute Gasteiger partial charge is 0.361 e. The third-order valence-corrected chi connectivity index (χ3v) is 4.25. The summed E-state index contributed by atoms with van der Waals surface area (Å²) >= 11 is 0. The maximum Gasteiger partial charge on any atom is 0.123 e. The number of aryl methyl sites for hydroxylation is 1. The third-order valence-electron chi connectivity index (χ3n) is 4.25. The molecule has 0 aliphatic rings. The Morgan fingerprint density at radius 3 is 2.70 bits per heavy atom. The van der Waals surface area contributed by atoms with Gasteiger partial charge in [-0.15, -0.1) is 0 Å². The van der Waals surface area contributed by atoms with Gasteiger partial charge in [0.2, 0.25) is 0 Å². The van der Waals surface area contributed by atoms with Crippen molar-refractivity contribution in [2.24, 2.45) is 0 Å². The molecule has 0 aliphatic heterocycles. The minimum Gasteiger partial charge on any atom is -0.361 e. The number of rotatable bonds is 7. The molecule has 3 heteroatoms. The Kier molecular flexibility index (Phi) is 5.09. The van der Waals surface area contributed by atoms with Gasteiger partial charge in [0.1, 0.15) is 5.82 Å². The standard InChI is InChI=1S/C20H23FN2/c1-15(13-16-8-10-18(21)11-9-16)22-12-4-5-17-14-23-20-7-3-2-6-19(17)20/h2-3,6-11,14-15,22-23H,4-5,12-13H2,1H3. The van der Waals surface area contributed by atoms with Gasteiger partial charge >= 0.3 is 0 Å². The Balaban J connectivity index is 1.43. The zero-order valence-electron chi connectivity index (χ0n) is 13.5. The normalized spacial score (nSPS) is 12.6. The van der Waals surface area contributed by atoms with Gasteiger partial charge in [0, 0.05) is 23.1 Å². The lowest BCUT2D eigenvalue weighted by Crippen LogP contribution is -2.29. The Bertz CT molecular complexity index is 746. The fourth-order valence-corrected chi connectivity index (χ4v) is 3.01. The first-order chi connectivity index (χ1) is 11.2. The molecule has 3 aromatic rings. The fourth-order valence-electron chi connectivity index (χ4n) is 3.01. The van der Waals surface area contributed by atoms with Crippen LogP contribution >= 0.6 is 0 Å². The molecule has 0 radical (unpaired) electrons. The summed E-state index contributed by atoms with van der Waals surface area (Å²) in [5.41, 5.74) is 3.76. The second-order valence-electron chi connectivity index (χ2n) is 6.15. The average molecular weight is 310 g/mol. The first kappa shape index (κ1) is 15.8. The summed E-state index contributed by atoms with van der Waals surface area (Å²) < 4.78 is 12.9. The topological polar surface area (TPSA) is 27.8 Å². The van der Waals surface area contributed by atoms with Crippen molar-refractivity contribution in [2.45, 2.75) is 32.2 Å². The zero-order valence-corrected chi connectivity index (χ0v) is 13.5. The summed E-state index contributed by atoms with van der Waals surface area (Å²) in [4.78, 5) is 3.32. The van der Waals surface area contributed by atoms with Gasteiger partial charge in [-0.25, -0.2) is 4.39 Å². The number of benzene rings is 2. The number of nitrogens with one attached hydrogen (secondary N) is 2. The number of fused-ring (bicyclic) bond motifs is 1. The van der Waals surface area contributed by atoms with Crippen LogP contribution in [0, 0.1) is 5.82 Å². The maximum atomic E-state index is 12.9. The van der Waals surface area contributed by atoms with Crippen LogP contribution in [0.1, 0.15) is 24.5 Å². The highest BCUT2D eigenvalue weighted by Crippen LogP contribution is 2.18. The highest BCUT2D eigenvalue weighted by Gasteiger charge is 2.05. The molecule has 0 aliphatic carbocycles.